The zero-order chi connectivity index (χ0) is 10.8. The summed E-state index contributed by atoms with van der Waals surface area (Å²) in [6.45, 7) is 3.40. The van der Waals surface area contributed by atoms with E-state index in [2.05, 4.69) is 4.90 Å². The summed E-state index contributed by atoms with van der Waals surface area (Å²) in [5.41, 5.74) is 1.15. The number of halogens is 1. The number of Topliss-reactive ketones (excluding diaryl/α,β-unsaturated/α-hetero) is 1. The molecule has 15 heavy (non-hydrogen) atoms. The largest absolute Gasteiger partial charge is 0.372 e. The Labute approximate surface area is 88.7 Å². The molecule has 2 nitrogen and oxygen atoms in total. The fraction of sp³-hybridized carbons (Fsp3) is 0.417. The lowest BCUT2D eigenvalue weighted by atomic mass is 10.1. The molecule has 0 aromatic heterocycles. The predicted molar refractivity (Wildman–Crippen MR) is 57.9 cm³/mol. The number of hydrogen-bond acceptors (Lipinski definition) is 2. The molecule has 0 bridgehead atoms. The Kier molecular flexibility index (Phi) is 2.71. The van der Waals surface area contributed by atoms with Crippen LogP contribution >= 0.6 is 0 Å². The fourth-order valence-corrected chi connectivity index (χ4v) is 1.96. The number of hydrogen-bond donors (Lipinski definition) is 0. The fourth-order valence-electron chi connectivity index (χ4n) is 1.96. The van der Waals surface area contributed by atoms with Gasteiger partial charge in [0.15, 0.2) is 5.78 Å². The van der Waals surface area contributed by atoms with E-state index in [-0.39, 0.29) is 11.3 Å². The molecule has 0 atom stereocenters. The number of rotatable bonds is 2. The molecule has 1 aliphatic heterocycles. The summed E-state index contributed by atoms with van der Waals surface area (Å²) in [5.74, 6) is -0.640. The lowest BCUT2D eigenvalue weighted by Gasteiger charge is -2.18. The first-order valence-corrected chi connectivity index (χ1v) is 5.24. The van der Waals surface area contributed by atoms with Crippen molar-refractivity contribution in [3.8, 4) is 0 Å². The second kappa shape index (κ2) is 4.01. The second-order valence-electron chi connectivity index (χ2n) is 3.91. The number of carbonyl (C=O) groups excluding carboxylic acids is 1. The number of carbonyl (C=O) groups is 1. The lowest BCUT2D eigenvalue weighted by Crippen LogP contribution is -2.18. The Morgan fingerprint density at radius 1 is 1.33 bits per heavy atom. The summed E-state index contributed by atoms with van der Waals surface area (Å²) in [6.07, 6.45) is 2.35. The van der Waals surface area contributed by atoms with Gasteiger partial charge >= 0.3 is 0 Å². The van der Waals surface area contributed by atoms with Crippen molar-refractivity contribution in [1.29, 1.82) is 0 Å². The van der Waals surface area contributed by atoms with Gasteiger partial charge in [-0.25, -0.2) is 4.39 Å². The van der Waals surface area contributed by atoms with E-state index in [9.17, 15) is 9.18 Å². The van der Waals surface area contributed by atoms with Gasteiger partial charge in [0, 0.05) is 18.8 Å². The molecule has 1 heterocycles. The highest BCUT2D eigenvalue weighted by Crippen LogP contribution is 2.22. The van der Waals surface area contributed by atoms with Gasteiger partial charge in [-0.05, 0) is 38.0 Å². The van der Waals surface area contributed by atoms with E-state index in [1.165, 1.54) is 25.8 Å². The minimum absolute atomic E-state index is 0.194. The zero-order valence-electron chi connectivity index (χ0n) is 8.79. The Balaban J connectivity index is 2.33. The van der Waals surface area contributed by atoms with Crippen molar-refractivity contribution in [2.75, 3.05) is 18.0 Å². The summed E-state index contributed by atoms with van der Waals surface area (Å²) < 4.78 is 13.3. The summed E-state index contributed by atoms with van der Waals surface area (Å²) in [4.78, 5) is 13.4. The molecule has 0 saturated carbocycles. The summed E-state index contributed by atoms with van der Waals surface area (Å²) >= 11 is 0. The molecule has 1 fully saturated rings. The van der Waals surface area contributed by atoms with Crippen molar-refractivity contribution in [3.05, 3.63) is 29.6 Å². The van der Waals surface area contributed by atoms with Gasteiger partial charge in [0.2, 0.25) is 0 Å². The maximum Gasteiger partial charge on any atom is 0.162 e. The highest BCUT2D eigenvalue weighted by molar-refractivity contribution is 5.95. The number of anilines is 1. The zero-order valence-corrected chi connectivity index (χ0v) is 8.79. The predicted octanol–water partition coefficient (Wildman–Crippen LogP) is 2.63. The summed E-state index contributed by atoms with van der Waals surface area (Å²) in [5, 5.41) is 0. The first-order valence-electron chi connectivity index (χ1n) is 5.24. The van der Waals surface area contributed by atoms with Crippen LogP contribution in [0.3, 0.4) is 0 Å². The van der Waals surface area contributed by atoms with Crippen LogP contribution in [-0.4, -0.2) is 18.9 Å². The van der Waals surface area contributed by atoms with Crippen LogP contribution in [0, 0.1) is 5.82 Å². The smallest absolute Gasteiger partial charge is 0.162 e. The van der Waals surface area contributed by atoms with Crippen LogP contribution in [-0.2, 0) is 0 Å². The van der Waals surface area contributed by atoms with E-state index < -0.39 is 5.82 Å². The van der Waals surface area contributed by atoms with Crippen LogP contribution in [0.5, 0.6) is 0 Å². The summed E-state index contributed by atoms with van der Waals surface area (Å²) in [7, 11) is 0. The minimum atomic E-state index is -0.426. The third-order valence-electron chi connectivity index (χ3n) is 2.80. The Bertz CT molecular complexity index is 383. The molecule has 0 N–H and O–H groups in total. The molecular formula is C12H14FNO. The Morgan fingerprint density at radius 3 is 2.60 bits per heavy atom. The standard InChI is InChI=1S/C12H14FNO/c1-9(15)11-8-10(4-5-12(11)13)14-6-2-3-7-14/h4-5,8H,2-3,6-7H2,1H3. The van der Waals surface area contributed by atoms with Crippen molar-refractivity contribution in [2.24, 2.45) is 0 Å². The average Bonchev–Trinajstić information content (AvgIpc) is 2.71. The Hall–Kier alpha value is -1.38. The normalized spacial score (nSPS) is 15.7. The second-order valence-corrected chi connectivity index (χ2v) is 3.91. The molecule has 1 aromatic rings. The highest BCUT2D eigenvalue weighted by Gasteiger charge is 2.15. The lowest BCUT2D eigenvalue weighted by molar-refractivity contribution is 0.101. The average molecular weight is 207 g/mol. The van der Waals surface area contributed by atoms with Gasteiger partial charge in [-0.3, -0.25) is 4.79 Å². The quantitative estimate of drug-likeness (QED) is 0.695. The van der Waals surface area contributed by atoms with Crippen LogP contribution < -0.4 is 4.90 Å². The third kappa shape index (κ3) is 2.01. The topological polar surface area (TPSA) is 20.3 Å². The van der Waals surface area contributed by atoms with E-state index >= 15 is 0 Å². The molecular weight excluding hydrogens is 193 g/mol. The van der Waals surface area contributed by atoms with Gasteiger partial charge in [0.1, 0.15) is 5.82 Å². The molecule has 1 aliphatic rings. The van der Waals surface area contributed by atoms with Gasteiger partial charge < -0.3 is 4.90 Å². The van der Waals surface area contributed by atoms with E-state index in [4.69, 9.17) is 0 Å². The minimum Gasteiger partial charge on any atom is -0.372 e. The Morgan fingerprint density at radius 2 is 2.00 bits per heavy atom. The van der Waals surface area contributed by atoms with Crippen molar-refractivity contribution in [3.63, 3.8) is 0 Å². The number of ketones is 1. The first-order chi connectivity index (χ1) is 7.18. The van der Waals surface area contributed by atoms with Crippen molar-refractivity contribution < 1.29 is 9.18 Å². The molecule has 1 aromatic carbocycles. The van der Waals surface area contributed by atoms with Crippen LogP contribution in [0.4, 0.5) is 10.1 Å². The third-order valence-corrected chi connectivity index (χ3v) is 2.80. The molecule has 0 amide bonds. The molecule has 0 aliphatic carbocycles. The molecule has 80 valence electrons. The van der Waals surface area contributed by atoms with Gasteiger partial charge in [0.05, 0.1) is 5.56 Å². The van der Waals surface area contributed by atoms with Crippen LogP contribution in [0.2, 0.25) is 0 Å². The van der Waals surface area contributed by atoms with Gasteiger partial charge in [-0.1, -0.05) is 0 Å². The highest BCUT2D eigenvalue weighted by atomic mass is 19.1. The summed E-state index contributed by atoms with van der Waals surface area (Å²) in [6, 6.07) is 4.78. The van der Waals surface area contributed by atoms with Gasteiger partial charge in [-0.15, -0.1) is 0 Å². The van der Waals surface area contributed by atoms with Crippen molar-refractivity contribution in [1.82, 2.24) is 0 Å². The maximum absolute atomic E-state index is 13.3. The van der Waals surface area contributed by atoms with Crippen molar-refractivity contribution >= 4 is 11.5 Å². The SMILES string of the molecule is CC(=O)c1cc(N2CCCC2)ccc1F. The molecule has 3 heteroatoms. The maximum atomic E-state index is 13.3. The van der Waals surface area contributed by atoms with Crippen molar-refractivity contribution in [2.45, 2.75) is 19.8 Å². The molecule has 0 radical (unpaired) electrons. The first kappa shape index (κ1) is 10.1. The molecule has 0 unspecified atom stereocenters. The van der Waals surface area contributed by atoms with Crippen LogP contribution in [0.15, 0.2) is 18.2 Å². The monoisotopic (exact) mass is 207 g/mol. The molecule has 0 spiro atoms. The van der Waals surface area contributed by atoms with E-state index in [0.717, 1.165) is 18.8 Å². The number of nitrogens with zero attached hydrogens (tertiary/aromatic N) is 1. The van der Waals surface area contributed by atoms with Gasteiger partial charge in [-0.2, -0.15) is 0 Å². The van der Waals surface area contributed by atoms with E-state index in [1.807, 2.05) is 0 Å². The van der Waals surface area contributed by atoms with E-state index in [1.54, 1.807) is 12.1 Å². The van der Waals surface area contributed by atoms with Gasteiger partial charge in [0.25, 0.3) is 0 Å². The molecule has 2 rings (SSSR count). The number of benzene rings is 1. The van der Waals surface area contributed by atoms with Crippen LogP contribution in [0.25, 0.3) is 0 Å². The van der Waals surface area contributed by atoms with Crippen LogP contribution in [0.1, 0.15) is 30.1 Å². The molecule has 1 saturated heterocycles. The van der Waals surface area contributed by atoms with E-state index in [0.29, 0.717) is 0 Å².